The Kier molecular flexibility index (Phi) is 6.41. The van der Waals surface area contributed by atoms with Crippen molar-refractivity contribution in [2.24, 2.45) is 0 Å². The second-order valence-corrected chi connectivity index (χ2v) is 18.6. The number of Topliss-reactive ketones (excluding diaryl/α,β-unsaturated/α-hetero) is 2. The van der Waals surface area contributed by atoms with Gasteiger partial charge in [-0.15, -0.1) is 22.7 Å². The van der Waals surface area contributed by atoms with Crippen molar-refractivity contribution >= 4 is 88.4 Å². The van der Waals surface area contributed by atoms with Gasteiger partial charge < -0.3 is 10.2 Å². The highest BCUT2D eigenvalue weighted by molar-refractivity contribution is 7.22. The summed E-state index contributed by atoms with van der Waals surface area (Å²) in [6.45, 7) is 10.7. The largest absolute Gasteiger partial charge is 0.506 e. The Hall–Kier alpha value is -5.18. The van der Waals surface area contributed by atoms with E-state index in [2.05, 4.69) is 97.5 Å². The lowest BCUT2D eigenvalue weighted by Crippen LogP contribution is -2.37. The Morgan fingerprint density at radius 3 is 1.39 bits per heavy atom. The van der Waals surface area contributed by atoms with Crippen molar-refractivity contribution in [2.75, 3.05) is 13.1 Å². The number of allylic oxidation sites excluding steroid dienone is 6. The van der Waals surface area contributed by atoms with E-state index in [1.165, 1.54) is 45.2 Å². The quantitative estimate of drug-likeness (QED) is 0.139. The Labute approximate surface area is 320 Å². The molecule has 0 unspecified atom stereocenters. The third-order valence-electron chi connectivity index (χ3n) is 12.8. The molecule has 266 valence electrons. The molecule has 3 aromatic carbocycles. The number of fused-ring (bicyclic) bond motifs is 6. The third-order valence-corrected chi connectivity index (χ3v) is 15.0. The zero-order valence-corrected chi connectivity index (χ0v) is 32.2. The van der Waals surface area contributed by atoms with Gasteiger partial charge in [0.05, 0.1) is 33.1 Å². The van der Waals surface area contributed by atoms with E-state index in [0.29, 0.717) is 22.3 Å². The van der Waals surface area contributed by atoms with Crippen LogP contribution in [0.2, 0.25) is 0 Å². The standard InChI is InChI=1S/C46H36N2O4S2/c1-45(2)27-13-5-7-15-29(27)47-17-9-11-25(43(45)47)35-39(49)37(40(35)50)33-21-23-19-32-24(20-31(23)53-33)22-34(54-32)38-41(51)36(42(38)52)26-12-10-18-48-30-16-8-6-14-28(30)46(3,4)44(26)48/h5-8,13-16,19-22H,9-12,17-18H2,1-4H3/p+2. The van der Waals surface area contributed by atoms with E-state index >= 15 is 0 Å². The van der Waals surface area contributed by atoms with Crippen LogP contribution in [0.3, 0.4) is 0 Å². The van der Waals surface area contributed by atoms with E-state index in [9.17, 15) is 19.8 Å². The number of nitrogens with zero attached hydrogens (tertiary/aromatic N) is 2. The summed E-state index contributed by atoms with van der Waals surface area (Å²) in [6.07, 6.45) is 3.39. The SMILES string of the molecule is CC1(C)C2=[N+](CCCC2=C2C(=O)C(c3cc4cc5sc(C6=C(O)C(=C7CCC[N+]8=C7C(C)(C)c7ccccc78)C6=O)cc5cc4s3)=C2O)c2ccccc21. The van der Waals surface area contributed by atoms with Gasteiger partial charge in [0, 0.05) is 66.4 Å². The highest BCUT2D eigenvalue weighted by Crippen LogP contribution is 2.51. The number of benzene rings is 3. The molecule has 0 radical (unpaired) electrons. The molecule has 0 fully saturated rings. The topological polar surface area (TPSA) is 80.6 Å². The van der Waals surface area contributed by atoms with Crippen LogP contribution in [0.1, 0.15) is 74.3 Å². The molecule has 54 heavy (non-hydrogen) atoms. The smallest absolute Gasteiger partial charge is 0.209 e. The predicted octanol–water partition coefficient (Wildman–Crippen LogP) is 10.2. The average Bonchev–Trinajstić information content (AvgIpc) is 3.87. The molecule has 0 bridgehead atoms. The van der Waals surface area contributed by atoms with E-state index in [4.69, 9.17) is 0 Å². The van der Waals surface area contributed by atoms with Crippen molar-refractivity contribution < 1.29 is 29.0 Å². The average molecular weight is 747 g/mol. The lowest BCUT2D eigenvalue weighted by molar-refractivity contribution is -0.442. The van der Waals surface area contributed by atoms with Crippen molar-refractivity contribution in [1.82, 2.24) is 0 Å². The van der Waals surface area contributed by atoms with Gasteiger partial charge in [-0.05, 0) is 75.6 Å². The zero-order valence-electron chi connectivity index (χ0n) is 30.6. The minimum Gasteiger partial charge on any atom is -0.506 e. The lowest BCUT2D eigenvalue weighted by atomic mass is 9.73. The number of rotatable bonds is 2. The van der Waals surface area contributed by atoms with Crippen LogP contribution < -0.4 is 0 Å². The van der Waals surface area contributed by atoms with Gasteiger partial charge in [0.15, 0.2) is 11.4 Å². The molecule has 5 aromatic rings. The molecular formula is C46H38N2O4S2+2. The summed E-state index contributed by atoms with van der Waals surface area (Å²) in [5.74, 6) is 0.0388. The fourth-order valence-electron chi connectivity index (χ4n) is 10.4. The molecule has 8 heteroatoms. The second kappa shape index (κ2) is 10.7. The maximum Gasteiger partial charge on any atom is 0.209 e. The lowest BCUT2D eigenvalue weighted by Gasteiger charge is -2.28. The minimum atomic E-state index is -0.261. The number of aliphatic hydroxyl groups excluding tert-OH is 2. The van der Waals surface area contributed by atoms with Gasteiger partial charge in [-0.3, -0.25) is 9.59 Å². The van der Waals surface area contributed by atoms with Crippen LogP contribution in [0.4, 0.5) is 11.4 Å². The van der Waals surface area contributed by atoms with Crippen molar-refractivity contribution in [2.45, 2.75) is 64.2 Å². The summed E-state index contributed by atoms with van der Waals surface area (Å²) in [5, 5.41) is 25.1. The summed E-state index contributed by atoms with van der Waals surface area (Å²) in [4.78, 5) is 29.4. The van der Waals surface area contributed by atoms with E-state index in [1.54, 1.807) is 0 Å². The molecule has 0 saturated heterocycles. The number of thiophene rings is 2. The first kappa shape index (κ1) is 32.3. The monoisotopic (exact) mass is 746 g/mol. The van der Waals surface area contributed by atoms with Crippen molar-refractivity contribution in [3.63, 3.8) is 0 Å². The molecule has 6 nitrogen and oxygen atoms in total. The zero-order chi connectivity index (χ0) is 37.0. The van der Waals surface area contributed by atoms with Crippen LogP contribution in [0, 0.1) is 0 Å². The van der Waals surface area contributed by atoms with E-state index in [-0.39, 0.29) is 33.9 Å². The fraction of sp³-hybridized carbons (Fsp3) is 0.261. The summed E-state index contributed by atoms with van der Waals surface area (Å²) in [7, 11) is 0. The van der Waals surface area contributed by atoms with E-state index in [1.807, 2.05) is 12.1 Å². The van der Waals surface area contributed by atoms with Crippen LogP contribution in [-0.2, 0) is 20.4 Å². The summed E-state index contributed by atoms with van der Waals surface area (Å²) >= 11 is 3.01. The predicted molar refractivity (Wildman–Crippen MR) is 217 cm³/mol. The van der Waals surface area contributed by atoms with Crippen LogP contribution in [-0.4, -0.2) is 55.4 Å². The highest BCUT2D eigenvalue weighted by atomic mass is 32.1. The molecule has 11 rings (SSSR count). The molecule has 0 saturated carbocycles. The maximum atomic E-state index is 14.0. The normalized spacial score (nSPS) is 24.0. The molecule has 2 N–H and O–H groups in total. The van der Waals surface area contributed by atoms with Gasteiger partial charge in [-0.25, -0.2) is 0 Å². The molecule has 0 spiro atoms. The number of hydrogen-bond acceptors (Lipinski definition) is 6. The van der Waals surface area contributed by atoms with Crippen LogP contribution in [0.15, 0.2) is 107 Å². The van der Waals surface area contributed by atoms with E-state index < -0.39 is 0 Å². The number of para-hydroxylation sites is 2. The van der Waals surface area contributed by atoms with Crippen LogP contribution in [0.5, 0.6) is 0 Å². The Balaban J connectivity index is 0.940. The van der Waals surface area contributed by atoms with E-state index in [0.717, 1.165) is 91.3 Å². The highest BCUT2D eigenvalue weighted by Gasteiger charge is 2.53. The summed E-state index contributed by atoms with van der Waals surface area (Å²) < 4.78 is 6.71. The number of hydrogen-bond donors (Lipinski definition) is 2. The number of aliphatic hydroxyl groups is 2. The Bertz CT molecular complexity index is 2640. The van der Waals surface area contributed by atoms with Gasteiger partial charge in [-0.2, -0.15) is 9.15 Å². The van der Waals surface area contributed by atoms with Gasteiger partial charge in [-0.1, -0.05) is 36.4 Å². The summed E-state index contributed by atoms with van der Waals surface area (Å²) in [6, 6.07) is 25.1. The third kappa shape index (κ3) is 4.00. The maximum absolute atomic E-state index is 14.0. The molecule has 2 aromatic heterocycles. The van der Waals surface area contributed by atoms with Crippen molar-refractivity contribution in [1.29, 1.82) is 0 Å². The molecule has 6 heterocycles. The first-order valence-electron chi connectivity index (χ1n) is 18.9. The summed E-state index contributed by atoms with van der Waals surface area (Å²) in [5.41, 5.74) is 10.4. The molecule has 2 aliphatic carbocycles. The number of carbonyl (C=O) groups excluding carboxylic acids is 2. The fourth-order valence-corrected chi connectivity index (χ4v) is 12.7. The molecule has 0 amide bonds. The Morgan fingerprint density at radius 2 is 0.981 bits per heavy atom. The Morgan fingerprint density at radius 1 is 0.574 bits per heavy atom. The second-order valence-electron chi connectivity index (χ2n) is 16.5. The molecule has 4 aliphatic heterocycles. The van der Waals surface area contributed by atoms with Gasteiger partial charge in [0.1, 0.15) is 24.6 Å². The van der Waals surface area contributed by atoms with Gasteiger partial charge >= 0.3 is 0 Å². The molecular weight excluding hydrogens is 709 g/mol. The van der Waals surface area contributed by atoms with Gasteiger partial charge in [0.25, 0.3) is 0 Å². The van der Waals surface area contributed by atoms with Crippen molar-refractivity contribution in [3.05, 3.63) is 127 Å². The molecule has 0 atom stereocenters. The van der Waals surface area contributed by atoms with Gasteiger partial charge in [0.2, 0.25) is 22.9 Å². The van der Waals surface area contributed by atoms with Crippen molar-refractivity contribution in [3.8, 4) is 0 Å². The minimum absolute atomic E-state index is 0.0841. The number of ketones is 2. The first-order valence-corrected chi connectivity index (χ1v) is 20.5. The van der Waals surface area contributed by atoms with Crippen LogP contribution >= 0.6 is 22.7 Å². The number of carbonyl (C=O) groups is 2. The first-order chi connectivity index (χ1) is 26.0. The molecule has 6 aliphatic rings. The van der Waals surface area contributed by atoms with Crippen LogP contribution in [0.25, 0.3) is 31.3 Å².